The maximum absolute atomic E-state index is 5.90. The Hall–Kier alpha value is -0.630. The van der Waals surface area contributed by atoms with E-state index >= 15 is 0 Å². The van der Waals surface area contributed by atoms with Crippen LogP contribution in [-0.2, 0) is 0 Å². The lowest BCUT2D eigenvalue weighted by molar-refractivity contribution is 0.905. The average Bonchev–Trinajstić information content (AvgIpc) is 2.11. The summed E-state index contributed by atoms with van der Waals surface area (Å²) in [5, 5.41) is 0.642. The zero-order valence-corrected chi connectivity index (χ0v) is 9.32. The van der Waals surface area contributed by atoms with E-state index in [1.165, 1.54) is 16.9 Å². The van der Waals surface area contributed by atoms with Gasteiger partial charge in [-0.05, 0) is 25.0 Å². The minimum absolute atomic E-state index is 0.642. The van der Waals surface area contributed by atoms with Gasteiger partial charge in [-0.25, -0.2) is 0 Å². The third-order valence-electron chi connectivity index (χ3n) is 2.14. The monoisotopic (exact) mass is 195 g/mol. The SMILES string of the molecule is CCC(C)Sc1c(C)cccc1N. The molecule has 1 aromatic carbocycles. The number of nitrogens with two attached hydrogens (primary N) is 1. The lowest BCUT2D eigenvalue weighted by atomic mass is 10.2. The van der Waals surface area contributed by atoms with Gasteiger partial charge in [-0.15, -0.1) is 11.8 Å². The molecule has 0 aliphatic rings. The van der Waals surface area contributed by atoms with Crippen LogP contribution in [0.3, 0.4) is 0 Å². The molecule has 1 atom stereocenters. The Morgan fingerprint density at radius 1 is 1.46 bits per heavy atom. The molecular formula is C11H17NS. The van der Waals surface area contributed by atoms with Gasteiger partial charge in [0.05, 0.1) is 0 Å². The second kappa shape index (κ2) is 4.56. The van der Waals surface area contributed by atoms with E-state index in [0.29, 0.717) is 5.25 Å². The van der Waals surface area contributed by atoms with Crippen LogP contribution >= 0.6 is 11.8 Å². The molecule has 0 fully saturated rings. The average molecular weight is 195 g/mol. The summed E-state index contributed by atoms with van der Waals surface area (Å²) in [6.07, 6.45) is 1.18. The van der Waals surface area contributed by atoms with E-state index in [0.717, 1.165) is 5.69 Å². The molecule has 1 rings (SSSR count). The second-order valence-corrected chi connectivity index (χ2v) is 4.78. The molecule has 0 heterocycles. The third-order valence-corrected chi connectivity index (χ3v) is 3.67. The fourth-order valence-corrected chi connectivity index (χ4v) is 2.15. The molecule has 1 aromatic rings. The molecule has 13 heavy (non-hydrogen) atoms. The smallest absolute Gasteiger partial charge is 0.0455 e. The Morgan fingerprint density at radius 3 is 2.69 bits per heavy atom. The molecule has 0 aliphatic heterocycles. The van der Waals surface area contributed by atoms with E-state index in [-0.39, 0.29) is 0 Å². The van der Waals surface area contributed by atoms with E-state index < -0.39 is 0 Å². The zero-order valence-electron chi connectivity index (χ0n) is 8.50. The first-order chi connectivity index (χ1) is 6.15. The Kier molecular flexibility index (Phi) is 3.67. The molecule has 2 heteroatoms. The molecule has 0 spiro atoms. The highest BCUT2D eigenvalue weighted by molar-refractivity contribution is 8.00. The topological polar surface area (TPSA) is 26.0 Å². The van der Waals surface area contributed by atoms with Gasteiger partial charge >= 0.3 is 0 Å². The van der Waals surface area contributed by atoms with E-state index in [9.17, 15) is 0 Å². The predicted octanol–water partition coefficient (Wildman–Crippen LogP) is 3.47. The lowest BCUT2D eigenvalue weighted by Gasteiger charge is -2.12. The van der Waals surface area contributed by atoms with Crippen molar-refractivity contribution >= 4 is 17.4 Å². The molecule has 0 aliphatic carbocycles. The van der Waals surface area contributed by atoms with Gasteiger partial charge in [0.1, 0.15) is 0 Å². The lowest BCUT2D eigenvalue weighted by Crippen LogP contribution is -1.97. The van der Waals surface area contributed by atoms with Gasteiger partial charge in [-0.1, -0.05) is 26.0 Å². The quantitative estimate of drug-likeness (QED) is 0.590. The summed E-state index contributed by atoms with van der Waals surface area (Å²) in [5.41, 5.74) is 8.09. The van der Waals surface area contributed by atoms with Crippen LogP contribution in [0.25, 0.3) is 0 Å². The first kappa shape index (κ1) is 10.5. The van der Waals surface area contributed by atoms with E-state index in [1.807, 2.05) is 23.9 Å². The van der Waals surface area contributed by atoms with Gasteiger partial charge in [0, 0.05) is 15.8 Å². The van der Waals surface area contributed by atoms with Crippen molar-refractivity contribution in [3.8, 4) is 0 Å². The van der Waals surface area contributed by atoms with Crippen molar-refractivity contribution in [3.63, 3.8) is 0 Å². The van der Waals surface area contributed by atoms with E-state index in [2.05, 4.69) is 26.8 Å². The first-order valence-electron chi connectivity index (χ1n) is 4.67. The van der Waals surface area contributed by atoms with Crippen molar-refractivity contribution in [3.05, 3.63) is 23.8 Å². The van der Waals surface area contributed by atoms with Crippen molar-refractivity contribution in [1.29, 1.82) is 0 Å². The highest BCUT2D eigenvalue weighted by atomic mass is 32.2. The van der Waals surface area contributed by atoms with E-state index in [4.69, 9.17) is 5.73 Å². The van der Waals surface area contributed by atoms with Crippen LogP contribution in [0.15, 0.2) is 23.1 Å². The van der Waals surface area contributed by atoms with Gasteiger partial charge in [0.2, 0.25) is 0 Å². The summed E-state index contributed by atoms with van der Waals surface area (Å²) in [5.74, 6) is 0. The first-order valence-corrected chi connectivity index (χ1v) is 5.54. The third kappa shape index (κ3) is 2.66. The van der Waals surface area contributed by atoms with Crippen LogP contribution in [0, 0.1) is 6.92 Å². The number of hydrogen-bond donors (Lipinski definition) is 1. The fraction of sp³-hybridized carbons (Fsp3) is 0.455. The van der Waals surface area contributed by atoms with Gasteiger partial charge in [0.25, 0.3) is 0 Å². The molecule has 0 amide bonds. The van der Waals surface area contributed by atoms with Crippen LogP contribution in [0.1, 0.15) is 25.8 Å². The summed E-state index contributed by atoms with van der Waals surface area (Å²) >= 11 is 1.87. The predicted molar refractivity (Wildman–Crippen MR) is 61.2 cm³/mol. The molecule has 0 bridgehead atoms. The summed E-state index contributed by atoms with van der Waals surface area (Å²) in [6, 6.07) is 6.09. The van der Waals surface area contributed by atoms with Gasteiger partial charge < -0.3 is 5.73 Å². The van der Waals surface area contributed by atoms with Gasteiger partial charge in [-0.2, -0.15) is 0 Å². The van der Waals surface area contributed by atoms with Crippen molar-refractivity contribution in [1.82, 2.24) is 0 Å². The molecule has 0 radical (unpaired) electrons. The normalized spacial score (nSPS) is 12.8. The Balaban J connectivity index is 2.87. The summed E-state index contributed by atoms with van der Waals surface area (Å²) in [6.45, 7) is 6.55. The number of thioether (sulfide) groups is 1. The van der Waals surface area contributed by atoms with Crippen molar-refractivity contribution < 1.29 is 0 Å². The van der Waals surface area contributed by atoms with Crippen molar-refractivity contribution in [2.75, 3.05) is 5.73 Å². The standard InChI is InChI=1S/C11H17NS/c1-4-9(3)13-11-8(2)6-5-7-10(11)12/h5-7,9H,4,12H2,1-3H3. The Labute approximate surface area is 84.7 Å². The number of benzene rings is 1. The minimum Gasteiger partial charge on any atom is -0.398 e. The molecule has 0 saturated carbocycles. The molecule has 1 unspecified atom stereocenters. The molecule has 0 aromatic heterocycles. The minimum atomic E-state index is 0.642. The van der Waals surface area contributed by atoms with Crippen molar-refractivity contribution in [2.24, 2.45) is 0 Å². The maximum Gasteiger partial charge on any atom is 0.0455 e. The number of hydrogen-bond acceptors (Lipinski definition) is 2. The number of rotatable bonds is 3. The molecule has 72 valence electrons. The van der Waals surface area contributed by atoms with Gasteiger partial charge in [-0.3, -0.25) is 0 Å². The Bertz CT molecular complexity index is 263. The summed E-state index contributed by atoms with van der Waals surface area (Å²) in [4.78, 5) is 1.25. The largest absolute Gasteiger partial charge is 0.398 e. The van der Waals surface area contributed by atoms with E-state index in [1.54, 1.807) is 0 Å². The number of aryl methyl sites for hydroxylation is 1. The number of anilines is 1. The van der Waals surface area contributed by atoms with Crippen LogP contribution in [-0.4, -0.2) is 5.25 Å². The van der Waals surface area contributed by atoms with Crippen LogP contribution < -0.4 is 5.73 Å². The molecule has 2 N–H and O–H groups in total. The van der Waals surface area contributed by atoms with Gasteiger partial charge in [0.15, 0.2) is 0 Å². The molecule has 1 nitrogen and oxygen atoms in total. The molecular weight excluding hydrogens is 178 g/mol. The van der Waals surface area contributed by atoms with Crippen LogP contribution in [0.4, 0.5) is 5.69 Å². The van der Waals surface area contributed by atoms with Crippen LogP contribution in [0.5, 0.6) is 0 Å². The van der Waals surface area contributed by atoms with Crippen molar-refractivity contribution in [2.45, 2.75) is 37.3 Å². The summed E-state index contributed by atoms with van der Waals surface area (Å²) in [7, 11) is 0. The molecule has 0 saturated heterocycles. The second-order valence-electron chi connectivity index (χ2n) is 3.33. The maximum atomic E-state index is 5.90. The number of nitrogen functional groups attached to an aromatic ring is 1. The summed E-state index contributed by atoms with van der Waals surface area (Å²) < 4.78 is 0. The zero-order chi connectivity index (χ0) is 9.84. The highest BCUT2D eigenvalue weighted by Crippen LogP contribution is 2.32. The highest BCUT2D eigenvalue weighted by Gasteiger charge is 2.07. The Morgan fingerprint density at radius 2 is 2.15 bits per heavy atom. The van der Waals surface area contributed by atoms with Crippen LogP contribution in [0.2, 0.25) is 0 Å². The fourth-order valence-electron chi connectivity index (χ4n) is 1.12.